The number of carbonyl (C=O) groups excluding carboxylic acids is 3. The number of halogens is 2. The van der Waals surface area contributed by atoms with Gasteiger partial charge in [0.15, 0.2) is 0 Å². The largest absolute Gasteiger partial charge is 0.361 e. The average Bonchev–Trinajstić information content (AvgIpc) is 3.62. The van der Waals surface area contributed by atoms with E-state index in [0.29, 0.717) is 61.8 Å². The first-order valence-corrected chi connectivity index (χ1v) is 20.6. The second kappa shape index (κ2) is 19.7. The van der Waals surface area contributed by atoms with Crippen molar-refractivity contribution in [3.8, 4) is 11.1 Å². The highest BCUT2D eigenvalue weighted by molar-refractivity contribution is 7.99. The van der Waals surface area contributed by atoms with Crippen LogP contribution in [0.1, 0.15) is 48.8 Å². The van der Waals surface area contributed by atoms with Crippen molar-refractivity contribution in [1.29, 1.82) is 0 Å². The lowest BCUT2D eigenvalue weighted by atomic mass is 10.0. The topological polar surface area (TPSA) is 158 Å². The van der Waals surface area contributed by atoms with Gasteiger partial charge in [-0.15, -0.1) is 0 Å². The van der Waals surface area contributed by atoms with E-state index < -0.39 is 18.1 Å². The quantitative estimate of drug-likeness (QED) is 0.0847. The van der Waals surface area contributed by atoms with Crippen molar-refractivity contribution < 1.29 is 14.4 Å². The number of nitrogens with two attached hydrogens (primary N) is 2. The minimum atomic E-state index is -0.920. The van der Waals surface area contributed by atoms with Crippen LogP contribution in [0.2, 0.25) is 10.0 Å². The van der Waals surface area contributed by atoms with Gasteiger partial charge in [-0.3, -0.25) is 14.4 Å². The highest BCUT2D eigenvalue weighted by Crippen LogP contribution is 2.41. The molecule has 4 aromatic carbocycles. The molecule has 56 heavy (non-hydrogen) atoms. The number of aromatic amines is 1. The van der Waals surface area contributed by atoms with Crippen molar-refractivity contribution in [2.45, 2.75) is 79.5 Å². The predicted molar refractivity (Wildman–Crippen MR) is 227 cm³/mol. The second-order valence-electron chi connectivity index (χ2n) is 14.1. The monoisotopic (exact) mass is 813 g/mol. The second-order valence-corrected chi connectivity index (χ2v) is 16.0. The number of hydrogen-bond acceptors (Lipinski definition) is 7. The van der Waals surface area contributed by atoms with Crippen molar-refractivity contribution in [2.24, 2.45) is 11.5 Å². The molecule has 1 aromatic heterocycles. The van der Waals surface area contributed by atoms with Gasteiger partial charge in [-0.2, -0.15) is 0 Å². The molecule has 2 heterocycles. The lowest BCUT2D eigenvalue weighted by Crippen LogP contribution is -2.57. The first-order chi connectivity index (χ1) is 27.2. The summed E-state index contributed by atoms with van der Waals surface area (Å²) in [5.74, 6) is -1.01. The Balaban J connectivity index is 1.45. The van der Waals surface area contributed by atoms with Crippen molar-refractivity contribution >= 4 is 63.6 Å². The van der Waals surface area contributed by atoms with Crippen LogP contribution in [0, 0.1) is 0 Å². The Labute approximate surface area is 342 Å². The molecule has 0 fully saturated rings. The van der Waals surface area contributed by atoms with Crippen molar-refractivity contribution in [1.82, 2.24) is 25.8 Å². The predicted octanol–water partition coefficient (Wildman–Crippen LogP) is 6.80. The number of carbonyl (C=O) groups is 3. The molecule has 5 aromatic rings. The zero-order valence-electron chi connectivity index (χ0n) is 31.5. The van der Waals surface area contributed by atoms with Gasteiger partial charge >= 0.3 is 0 Å². The Morgan fingerprint density at radius 3 is 2.32 bits per heavy atom. The van der Waals surface area contributed by atoms with Gasteiger partial charge in [0.2, 0.25) is 17.7 Å². The molecular weight excluding hydrogens is 765 g/mol. The summed E-state index contributed by atoms with van der Waals surface area (Å²) in [7, 11) is 1.63. The van der Waals surface area contributed by atoms with E-state index in [0.717, 1.165) is 48.5 Å². The minimum absolute atomic E-state index is 0.129. The van der Waals surface area contributed by atoms with Crippen LogP contribution >= 0.6 is 35.0 Å². The fourth-order valence-corrected chi connectivity index (χ4v) is 8.78. The lowest BCUT2D eigenvalue weighted by molar-refractivity contribution is -0.142. The first-order valence-electron chi connectivity index (χ1n) is 19.0. The van der Waals surface area contributed by atoms with E-state index >= 15 is 0 Å². The number of para-hydroxylation sites is 1. The van der Waals surface area contributed by atoms with Crippen LogP contribution in [0.15, 0.2) is 101 Å². The van der Waals surface area contributed by atoms with Crippen molar-refractivity contribution in [3.63, 3.8) is 0 Å². The Kier molecular flexibility index (Phi) is 14.5. The van der Waals surface area contributed by atoms with Gasteiger partial charge in [0.25, 0.3) is 0 Å². The molecule has 10 nitrogen and oxygen atoms in total. The van der Waals surface area contributed by atoms with Crippen molar-refractivity contribution in [3.05, 3.63) is 118 Å². The van der Waals surface area contributed by atoms with E-state index in [1.54, 1.807) is 7.05 Å². The third-order valence-corrected chi connectivity index (χ3v) is 12.3. The molecule has 3 amide bonds. The summed E-state index contributed by atoms with van der Waals surface area (Å²) in [4.78, 5) is 49.7. The van der Waals surface area contributed by atoms with Gasteiger partial charge in [0, 0.05) is 64.0 Å². The van der Waals surface area contributed by atoms with Crippen LogP contribution in [-0.4, -0.2) is 65.9 Å². The smallest absolute Gasteiger partial charge is 0.245 e. The molecule has 3 atom stereocenters. The Hall–Kier alpha value is -4.36. The third kappa shape index (κ3) is 9.95. The fraction of sp³-hybridized carbons (Fsp3) is 0.326. The Morgan fingerprint density at radius 1 is 0.786 bits per heavy atom. The molecule has 294 valence electrons. The Bertz CT molecular complexity index is 2160. The summed E-state index contributed by atoms with van der Waals surface area (Å²) < 4.78 is 0. The summed E-state index contributed by atoms with van der Waals surface area (Å²) in [6.45, 7) is 1.38. The molecule has 1 aliphatic heterocycles. The SMILES string of the molecule is CN1C(=O)C(CCCCN)NC(=O)C(CCCN)NCc2ccccc2Sc2c(Cl)cc(-c3ccccc3Cl)cc2CNC(=O)C1Cc1c[nH]c2ccccc12. The lowest BCUT2D eigenvalue weighted by Gasteiger charge is -2.32. The number of nitrogens with zero attached hydrogens (tertiary/aromatic N) is 1. The zero-order valence-corrected chi connectivity index (χ0v) is 33.8. The summed E-state index contributed by atoms with van der Waals surface area (Å²) in [6.07, 6.45) is 4.87. The minimum Gasteiger partial charge on any atom is -0.361 e. The molecule has 0 radical (unpaired) electrons. The highest BCUT2D eigenvalue weighted by atomic mass is 35.5. The summed E-state index contributed by atoms with van der Waals surface area (Å²) in [6, 6.07) is 24.8. The highest BCUT2D eigenvalue weighted by Gasteiger charge is 2.34. The van der Waals surface area contributed by atoms with E-state index in [1.807, 2.05) is 91.1 Å². The molecule has 1 aliphatic rings. The maximum atomic E-state index is 14.6. The van der Waals surface area contributed by atoms with Gasteiger partial charge in [0.05, 0.1) is 11.1 Å². The number of likely N-dealkylation sites (N-methyl/N-ethyl adjacent to an activating group) is 1. The van der Waals surface area contributed by atoms with Gasteiger partial charge < -0.3 is 37.3 Å². The number of H-pyrrole nitrogens is 1. The number of nitrogens with one attached hydrogen (secondary N) is 4. The average molecular weight is 815 g/mol. The number of rotatable bonds is 10. The standard InChI is InChI=1S/C43H49Cl2N7O3S/c1-52-38(23-29-25-48-35-15-6-4-13-32(29)35)42(54)50-26-30-21-28(31-12-3-5-14-33(31)44)22-34(45)40(30)56-39-18-7-2-11-27(39)24-49-36(17-10-20-47)41(53)51-37(43(52)55)16-8-9-19-46/h2-7,11-15,18,21-22,25,36-38,48-49H,8-10,16-17,19-20,23-24,26,46-47H2,1H3,(H,50,54)(H,51,53). The van der Waals surface area contributed by atoms with E-state index in [9.17, 15) is 14.4 Å². The van der Waals surface area contributed by atoms with Gasteiger partial charge in [-0.05, 0) is 97.8 Å². The van der Waals surface area contributed by atoms with Gasteiger partial charge in [-0.1, -0.05) is 89.6 Å². The van der Waals surface area contributed by atoms with E-state index in [-0.39, 0.29) is 30.7 Å². The Morgan fingerprint density at radius 2 is 1.52 bits per heavy atom. The molecule has 13 heteroatoms. The molecule has 0 spiro atoms. The fourth-order valence-electron chi connectivity index (χ4n) is 7.12. The van der Waals surface area contributed by atoms with E-state index in [2.05, 4.69) is 20.9 Å². The van der Waals surface area contributed by atoms with Gasteiger partial charge in [-0.25, -0.2) is 0 Å². The van der Waals surface area contributed by atoms with Gasteiger partial charge in [0.1, 0.15) is 12.1 Å². The maximum absolute atomic E-state index is 14.6. The maximum Gasteiger partial charge on any atom is 0.245 e. The molecular formula is C43H49Cl2N7O3S. The molecule has 3 unspecified atom stereocenters. The number of unbranched alkanes of at least 4 members (excludes halogenated alkanes) is 1. The first kappa shape index (κ1) is 41.3. The molecule has 0 saturated heterocycles. The zero-order chi connectivity index (χ0) is 39.6. The van der Waals surface area contributed by atoms with Crippen LogP contribution in [0.5, 0.6) is 0 Å². The molecule has 0 aliphatic carbocycles. The number of benzene rings is 4. The number of amides is 3. The molecule has 8 N–H and O–H groups in total. The van der Waals surface area contributed by atoms with Crippen LogP contribution in [-0.2, 0) is 33.9 Å². The number of aromatic nitrogens is 1. The van der Waals surface area contributed by atoms with Crippen molar-refractivity contribution in [2.75, 3.05) is 20.1 Å². The van der Waals surface area contributed by atoms with Crippen LogP contribution in [0.4, 0.5) is 0 Å². The molecule has 0 bridgehead atoms. The summed E-state index contributed by atoms with van der Waals surface area (Å²) >= 11 is 15.3. The van der Waals surface area contributed by atoms with Crippen LogP contribution < -0.4 is 27.4 Å². The molecule has 0 saturated carbocycles. The number of hydrogen-bond donors (Lipinski definition) is 6. The number of fused-ring (bicyclic) bond motifs is 3. The normalized spacial score (nSPS) is 18.6. The van der Waals surface area contributed by atoms with E-state index in [1.165, 1.54) is 16.7 Å². The van der Waals surface area contributed by atoms with Crippen LogP contribution in [0.3, 0.4) is 0 Å². The van der Waals surface area contributed by atoms with E-state index in [4.69, 9.17) is 34.7 Å². The molecule has 6 rings (SSSR count). The van der Waals surface area contributed by atoms with Crippen LogP contribution in [0.25, 0.3) is 22.0 Å². The summed E-state index contributed by atoms with van der Waals surface area (Å²) in [5.41, 5.74) is 16.9. The summed E-state index contributed by atoms with van der Waals surface area (Å²) in [5, 5.41) is 11.7. The third-order valence-electron chi connectivity index (χ3n) is 10.3.